The second-order valence-electron chi connectivity index (χ2n) is 3.44. The van der Waals surface area contributed by atoms with Gasteiger partial charge in [-0.3, -0.25) is 0 Å². The summed E-state index contributed by atoms with van der Waals surface area (Å²) in [4.78, 5) is 11.6. The Bertz CT molecular complexity index is 424. The molecule has 0 saturated heterocycles. The second-order valence-corrected chi connectivity index (χ2v) is 3.44. The Labute approximate surface area is 94.3 Å². The van der Waals surface area contributed by atoms with Gasteiger partial charge in [0.15, 0.2) is 0 Å². The zero-order valence-corrected chi connectivity index (χ0v) is 9.20. The molecule has 0 spiro atoms. The van der Waals surface area contributed by atoms with Crippen LogP contribution in [0.4, 0.5) is 5.82 Å². The molecule has 16 heavy (non-hydrogen) atoms. The van der Waals surface area contributed by atoms with Crippen molar-refractivity contribution in [1.82, 2.24) is 20.3 Å². The molecular formula is C11H15N5. The van der Waals surface area contributed by atoms with Crippen molar-refractivity contribution in [3.63, 3.8) is 0 Å². The highest BCUT2D eigenvalue weighted by Crippen LogP contribution is 2.04. The first kappa shape index (κ1) is 10.6. The highest BCUT2D eigenvalue weighted by Gasteiger charge is 1.98. The van der Waals surface area contributed by atoms with Crippen molar-refractivity contribution in [2.75, 3.05) is 12.4 Å². The van der Waals surface area contributed by atoms with Gasteiger partial charge in [-0.2, -0.15) is 0 Å². The molecule has 0 unspecified atom stereocenters. The van der Waals surface area contributed by atoms with Gasteiger partial charge in [-0.1, -0.05) is 0 Å². The molecule has 2 heterocycles. The van der Waals surface area contributed by atoms with Crippen LogP contribution in [0.3, 0.4) is 0 Å². The Hall–Kier alpha value is -1.88. The van der Waals surface area contributed by atoms with E-state index < -0.39 is 0 Å². The first-order valence-electron chi connectivity index (χ1n) is 5.21. The van der Waals surface area contributed by atoms with E-state index in [9.17, 15) is 0 Å². The van der Waals surface area contributed by atoms with Gasteiger partial charge in [0.25, 0.3) is 0 Å². The Kier molecular flexibility index (Phi) is 3.50. The monoisotopic (exact) mass is 217 g/mol. The maximum atomic E-state index is 4.36. The van der Waals surface area contributed by atoms with E-state index in [2.05, 4.69) is 25.6 Å². The standard InChI is InChI=1S/C11H15N5/c1-12-8-11-14-6-4-10(16-11)15-7-9-3-2-5-13-9/h2-6,12-13H,7-8H2,1H3,(H,14,15,16). The summed E-state index contributed by atoms with van der Waals surface area (Å²) in [5.41, 5.74) is 1.13. The highest BCUT2D eigenvalue weighted by atomic mass is 15.0. The van der Waals surface area contributed by atoms with E-state index in [1.165, 1.54) is 0 Å². The van der Waals surface area contributed by atoms with Crippen molar-refractivity contribution < 1.29 is 0 Å². The molecule has 0 fully saturated rings. The summed E-state index contributed by atoms with van der Waals surface area (Å²) in [5, 5.41) is 6.26. The first-order valence-corrected chi connectivity index (χ1v) is 5.21. The second kappa shape index (κ2) is 5.27. The molecule has 84 valence electrons. The lowest BCUT2D eigenvalue weighted by Gasteiger charge is -2.05. The van der Waals surface area contributed by atoms with E-state index >= 15 is 0 Å². The molecule has 0 saturated carbocycles. The number of hydrogen-bond donors (Lipinski definition) is 3. The number of aromatic nitrogens is 3. The van der Waals surface area contributed by atoms with Gasteiger partial charge in [-0.05, 0) is 25.2 Å². The minimum atomic E-state index is 0.679. The number of hydrogen-bond acceptors (Lipinski definition) is 4. The van der Waals surface area contributed by atoms with Crippen LogP contribution in [0, 0.1) is 0 Å². The third-order valence-electron chi connectivity index (χ3n) is 2.16. The Morgan fingerprint density at radius 1 is 1.31 bits per heavy atom. The lowest BCUT2D eigenvalue weighted by molar-refractivity contribution is 0.758. The predicted octanol–water partition coefficient (Wildman–Crippen LogP) is 1.14. The molecule has 0 radical (unpaired) electrons. The molecule has 5 heteroatoms. The van der Waals surface area contributed by atoms with Gasteiger partial charge in [-0.25, -0.2) is 9.97 Å². The maximum absolute atomic E-state index is 4.36. The Morgan fingerprint density at radius 2 is 2.25 bits per heavy atom. The number of anilines is 1. The minimum absolute atomic E-state index is 0.679. The molecule has 0 aliphatic heterocycles. The number of nitrogens with one attached hydrogen (secondary N) is 3. The fourth-order valence-electron chi connectivity index (χ4n) is 1.40. The molecule has 0 aliphatic carbocycles. The molecule has 0 atom stereocenters. The number of nitrogens with zero attached hydrogens (tertiary/aromatic N) is 2. The van der Waals surface area contributed by atoms with Gasteiger partial charge in [-0.15, -0.1) is 0 Å². The van der Waals surface area contributed by atoms with E-state index in [1.54, 1.807) is 6.20 Å². The topological polar surface area (TPSA) is 65.6 Å². The predicted molar refractivity (Wildman–Crippen MR) is 62.9 cm³/mol. The quantitative estimate of drug-likeness (QED) is 0.702. The molecular weight excluding hydrogens is 202 g/mol. The van der Waals surface area contributed by atoms with Crippen LogP contribution in [0.25, 0.3) is 0 Å². The summed E-state index contributed by atoms with van der Waals surface area (Å²) in [6.07, 6.45) is 3.67. The van der Waals surface area contributed by atoms with Crippen LogP contribution in [0.1, 0.15) is 11.5 Å². The van der Waals surface area contributed by atoms with Crippen molar-refractivity contribution >= 4 is 5.82 Å². The fourth-order valence-corrected chi connectivity index (χ4v) is 1.40. The van der Waals surface area contributed by atoms with Crippen LogP contribution >= 0.6 is 0 Å². The summed E-state index contributed by atoms with van der Waals surface area (Å²) >= 11 is 0. The maximum Gasteiger partial charge on any atom is 0.144 e. The van der Waals surface area contributed by atoms with Crippen molar-refractivity contribution in [2.24, 2.45) is 0 Å². The van der Waals surface area contributed by atoms with Crippen LogP contribution in [-0.4, -0.2) is 22.0 Å². The molecule has 2 aromatic rings. The highest BCUT2D eigenvalue weighted by molar-refractivity contribution is 5.33. The summed E-state index contributed by atoms with van der Waals surface area (Å²) in [6.45, 7) is 1.42. The SMILES string of the molecule is CNCc1nccc(NCc2ccc[nH]2)n1. The van der Waals surface area contributed by atoms with Gasteiger partial charge in [0, 0.05) is 18.1 Å². The van der Waals surface area contributed by atoms with Crippen LogP contribution in [0.15, 0.2) is 30.6 Å². The molecule has 2 aromatic heterocycles. The van der Waals surface area contributed by atoms with Crippen LogP contribution in [0.2, 0.25) is 0 Å². The summed E-state index contributed by atoms with van der Waals surface area (Å²) < 4.78 is 0. The largest absolute Gasteiger partial charge is 0.364 e. The third-order valence-corrected chi connectivity index (χ3v) is 2.16. The molecule has 3 N–H and O–H groups in total. The third kappa shape index (κ3) is 2.80. The van der Waals surface area contributed by atoms with E-state index in [-0.39, 0.29) is 0 Å². The average molecular weight is 217 g/mol. The first-order chi connectivity index (χ1) is 7.88. The van der Waals surface area contributed by atoms with Crippen molar-refractivity contribution in [3.8, 4) is 0 Å². The van der Waals surface area contributed by atoms with Crippen LogP contribution in [0.5, 0.6) is 0 Å². The average Bonchev–Trinajstić information content (AvgIpc) is 2.80. The van der Waals surface area contributed by atoms with E-state index in [0.717, 1.165) is 23.9 Å². The van der Waals surface area contributed by atoms with Crippen molar-refractivity contribution in [1.29, 1.82) is 0 Å². The van der Waals surface area contributed by atoms with Crippen LogP contribution < -0.4 is 10.6 Å². The van der Waals surface area contributed by atoms with Gasteiger partial charge in [0.1, 0.15) is 11.6 Å². The van der Waals surface area contributed by atoms with E-state index in [1.807, 2.05) is 31.4 Å². The lowest BCUT2D eigenvalue weighted by Crippen LogP contribution is -2.10. The lowest BCUT2D eigenvalue weighted by atomic mass is 10.4. The van der Waals surface area contributed by atoms with E-state index in [0.29, 0.717) is 6.54 Å². The van der Waals surface area contributed by atoms with Gasteiger partial charge < -0.3 is 15.6 Å². The summed E-state index contributed by atoms with van der Waals surface area (Å²) in [6, 6.07) is 5.87. The number of rotatable bonds is 5. The molecule has 0 bridgehead atoms. The smallest absolute Gasteiger partial charge is 0.144 e. The molecule has 0 aromatic carbocycles. The molecule has 5 nitrogen and oxygen atoms in total. The van der Waals surface area contributed by atoms with Gasteiger partial charge in [0.05, 0.1) is 13.1 Å². The fraction of sp³-hybridized carbons (Fsp3) is 0.273. The minimum Gasteiger partial charge on any atom is -0.364 e. The van der Waals surface area contributed by atoms with Crippen LogP contribution in [-0.2, 0) is 13.1 Å². The Balaban J connectivity index is 1.96. The number of aromatic amines is 1. The Morgan fingerprint density at radius 3 is 3.00 bits per heavy atom. The zero-order valence-electron chi connectivity index (χ0n) is 9.20. The molecule has 2 rings (SSSR count). The normalized spacial score (nSPS) is 10.3. The molecule has 0 amide bonds. The summed E-state index contributed by atoms with van der Waals surface area (Å²) in [5.74, 6) is 1.63. The van der Waals surface area contributed by atoms with Gasteiger partial charge in [0.2, 0.25) is 0 Å². The van der Waals surface area contributed by atoms with Crippen molar-refractivity contribution in [3.05, 3.63) is 42.1 Å². The zero-order chi connectivity index (χ0) is 11.2. The van der Waals surface area contributed by atoms with Crippen molar-refractivity contribution in [2.45, 2.75) is 13.1 Å². The number of H-pyrrole nitrogens is 1. The summed E-state index contributed by atoms with van der Waals surface area (Å²) in [7, 11) is 1.88. The van der Waals surface area contributed by atoms with E-state index in [4.69, 9.17) is 0 Å². The molecule has 0 aliphatic rings. The van der Waals surface area contributed by atoms with Gasteiger partial charge >= 0.3 is 0 Å².